The second kappa shape index (κ2) is 9.76. The fraction of sp³-hybridized carbons (Fsp3) is 0.520. The lowest BCUT2D eigenvalue weighted by atomic mass is 9.94. The molecule has 1 aromatic heterocycles. The number of amides is 2. The number of anilines is 1. The first-order valence-corrected chi connectivity index (χ1v) is 11.6. The molecule has 2 heterocycles. The maximum atomic E-state index is 13.1. The molecule has 0 radical (unpaired) electrons. The topological polar surface area (TPSA) is 75.2 Å². The van der Waals surface area contributed by atoms with E-state index in [2.05, 4.69) is 5.32 Å². The molecule has 1 aromatic carbocycles. The van der Waals surface area contributed by atoms with Crippen LogP contribution in [-0.4, -0.2) is 39.8 Å². The van der Waals surface area contributed by atoms with E-state index in [1.165, 1.54) is 24.3 Å². The highest BCUT2D eigenvalue weighted by Gasteiger charge is 2.32. The monoisotopic (exact) mass is 438 g/mol. The van der Waals surface area contributed by atoms with Crippen LogP contribution in [0.15, 0.2) is 24.3 Å². The number of hydrogen-bond acceptors (Lipinski definition) is 4. The third-order valence-electron chi connectivity index (χ3n) is 6.71. The highest BCUT2D eigenvalue weighted by atomic mass is 19.1. The number of nitrogens with zero attached hydrogens (tertiary/aromatic N) is 3. The van der Waals surface area contributed by atoms with E-state index in [4.69, 9.17) is 9.97 Å². The zero-order valence-corrected chi connectivity index (χ0v) is 18.9. The van der Waals surface area contributed by atoms with Gasteiger partial charge in [0.25, 0.3) is 0 Å². The Kier molecular flexibility index (Phi) is 6.82. The van der Waals surface area contributed by atoms with Crippen LogP contribution >= 0.6 is 0 Å². The first-order valence-electron chi connectivity index (χ1n) is 11.6. The van der Waals surface area contributed by atoms with E-state index >= 15 is 0 Å². The van der Waals surface area contributed by atoms with Crippen molar-refractivity contribution in [2.45, 2.75) is 64.7 Å². The largest absolute Gasteiger partial charge is 0.342 e. The number of rotatable bonds is 5. The molecule has 1 saturated heterocycles. The van der Waals surface area contributed by atoms with Gasteiger partial charge in [0, 0.05) is 47.6 Å². The molecule has 170 valence electrons. The van der Waals surface area contributed by atoms with Gasteiger partial charge < -0.3 is 10.2 Å². The van der Waals surface area contributed by atoms with Gasteiger partial charge in [-0.15, -0.1) is 0 Å². The number of aromatic nitrogens is 2. The minimum atomic E-state index is -0.343. The Morgan fingerprint density at radius 1 is 1.03 bits per heavy atom. The van der Waals surface area contributed by atoms with E-state index < -0.39 is 0 Å². The molecule has 2 fully saturated rings. The quantitative estimate of drug-likeness (QED) is 0.755. The van der Waals surface area contributed by atoms with Gasteiger partial charge in [0.1, 0.15) is 11.6 Å². The van der Waals surface area contributed by atoms with E-state index in [1.807, 2.05) is 18.7 Å². The number of likely N-dealkylation sites (tertiary alicyclic amines) is 1. The highest BCUT2D eigenvalue weighted by molar-refractivity contribution is 5.92. The van der Waals surface area contributed by atoms with E-state index in [-0.39, 0.29) is 30.0 Å². The van der Waals surface area contributed by atoms with Gasteiger partial charge in [-0.3, -0.25) is 9.59 Å². The van der Waals surface area contributed by atoms with Crippen molar-refractivity contribution < 1.29 is 14.0 Å². The molecule has 4 rings (SSSR count). The molecule has 2 aliphatic rings. The summed E-state index contributed by atoms with van der Waals surface area (Å²) in [5, 5.41) is 2.79. The molecule has 0 spiro atoms. The van der Waals surface area contributed by atoms with E-state index in [1.54, 1.807) is 0 Å². The predicted octanol–water partition coefficient (Wildman–Crippen LogP) is 4.31. The Morgan fingerprint density at radius 2 is 1.69 bits per heavy atom. The van der Waals surface area contributed by atoms with Crippen LogP contribution in [0.2, 0.25) is 0 Å². The second-order valence-electron chi connectivity index (χ2n) is 9.07. The van der Waals surface area contributed by atoms with Gasteiger partial charge >= 0.3 is 0 Å². The average Bonchev–Trinajstić information content (AvgIpc) is 3.32. The fourth-order valence-electron chi connectivity index (χ4n) is 4.92. The summed E-state index contributed by atoms with van der Waals surface area (Å²) in [5.41, 5.74) is 2.95. The van der Waals surface area contributed by atoms with Gasteiger partial charge in [-0.25, -0.2) is 14.4 Å². The van der Waals surface area contributed by atoms with Crippen molar-refractivity contribution in [3.05, 3.63) is 52.9 Å². The number of benzene rings is 1. The van der Waals surface area contributed by atoms with E-state index in [0.29, 0.717) is 18.1 Å². The number of halogens is 1. The molecule has 2 amide bonds. The van der Waals surface area contributed by atoms with Gasteiger partial charge in [-0.2, -0.15) is 0 Å². The summed E-state index contributed by atoms with van der Waals surface area (Å²) < 4.78 is 13.1. The van der Waals surface area contributed by atoms with E-state index in [9.17, 15) is 14.0 Å². The normalized spacial score (nSPS) is 19.2. The smallest absolute Gasteiger partial charge is 0.228 e. The van der Waals surface area contributed by atoms with E-state index in [0.717, 1.165) is 67.8 Å². The third-order valence-corrected chi connectivity index (χ3v) is 6.71. The molecular weight excluding hydrogens is 407 g/mol. The molecule has 1 atom stereocenters. The minimum absolute atomic E-state index is 0.133. The number of carbonyl (C=O) groups is 2. The molecule has 0 bridgehead atoms. The van der Waals surface area contributed by atoms with Crippen molar-refractivity contribution in [1.82, 2.24) is 14.9 Å². The summed E-state index contributed by atoms with van der Waals surface area (Å²) >= 11 is 0. The molecule has 1 saturated carbocycles. The summed E-state index contributed by atoms with van der Waals surface area (Å²) in [5.74, 6) is 0.866. The summed E-state index contributed by atoms with van der Waals surface area (Å²) in [7, 11) is 0. The summed E-state index contributed by atoms with van der Waals surface area (Å²) in [6.07, 6.45) is 6.44. The summed E-state index contributed by atoms with van der Waals surface area (Å²) in [4.78, 5) is 36.9. The molecule has 32 heavy (non-hydrogen) atoms. The Bertz CT molecular complexity index is 963. The fourth-order valence-corrected chi connectivity index (χ4v) is 4.92. The summed E-state index contributed by atoms with van der Waals surface area (Å²) in [6, 6.07) is 5.70. The Balaban J connectivity index is 1.43. The van der Waals surface area contributed by atoms with Gasteiger partial charge in [-0.05, 0) is 63.8 Å². The SMILES string of the molecule is Cc1nc([C@@H]2CCCN(C(=O)C3CCCC3)C2)nc(C)c1CC(=O)Nc1ccc(F)cc1. The van der Waals surface area contributed by atoms with Crippen molar-refractivity contribution in [3.63, 3.8) is 0 Å². The van der Waals surface area contributed by atoms with Crippen molar-refractivity contribution in [2.24, 2.45) is 5.92 Å². The third kappa shape index (κ3) is 5.14. The summed E-state index contributed by atoms with van der Waals surface area (Å²) in [6.45, 7) is 5.32. The molecule has 2 aromatic rings. The molecule has 1 aliphatic heterocycles. The van der Waals surface area contributed by atoms with Gasteiger partial charge in [0.15, 0.2) is 0 Å². The number of hydrogen-bond donors (Lipinski definition) is 1. The van der Waals surface area contributed by atoms with Crippen LogP contribution < -0.4 is 5.32 Å². The average molecular weight is 439 g/mol. The lowest BCUT2D eigenvalue weighted by Crippen LogP contribution is -2.42. The Morgan fingerprint density at radius 3 is 2.34 bits per heavy atom. The lowest BCUT2D eigenvalue weighted by molar-refractivity contribution is -0.136. The first kappa shape index (κ1) is 22.4. The molecule has 1 aliphatic carbocycles. The number of nitrogens with one attached hydrogen (secondary N) is 1. The van der Waals surface area contributed by atoms with Crippen LogP contribution in [0.25, 0.3) is 0 Å². The molecule has 7 heteroatoms. The maximum Gasteiger partial charge on any atom is 0.228 e. The molecule has 6 nitrogen and oxygen atoms in total. The van der Waals surface area contributed by atoms with Crippen molar-refractivity contribution in [3.8, 4) is 0 Å². The van der Waals surface area contributed by atoms with Crippen LogP contribution in [0.1, 0.15) is 67.2 Å². The van der Waals surface area contributed by atoms with Gasteiger partial charge in [-0.1, -0.05) is 12.8 Å². The van der Waals surface area contributed by atoms with Crippen LogP contribution in [0.3, 0.4) is 0 Å². The van der Waals surface area contributed by atoms with Crippen LogP contribution in [0.5, 0.6) is 0 Å². The minimum Gasteiger partial charge on any atom is -0.342 e. The van der Waals surface area contributed by atoms with Crippen LogP contribution in [0, 0.1) is 25.6 Å². The van der Waals surface area contributed by atoms with Crippen LogP contribution in [-0.2, 0) is 16.0 Å². The number of piperidine rings is 1. The highest BCUT2D eigenvalue weighted by Crippen LogP contribution is 2.31. The molecule has 0 unspecified atom stereocenters. The first-order chi connectivity index (χ1) is 15.4. The predicted molar refractivity (Wildman–Crippen MR) is 121 cm³/mol. The standard InChI is InChI=1S/C25H31FN4O2/c1-16-22(14-23(31)29-21-11-9-20(26)10-12-21)17(2)28-24(27-16)19-8-5-13-30(15-19)25(32)18-6-3-4-7-18/h9-12,18-19H,3-8,13-15H2,1-2H3,(H,29,31)/t19-/m1/s1. The maximum absolute atomic E-state index is 13.1. The van der Waals surface area contributed by atoms with Gasteiger partial charge in [0.05, 0.1) is 6.42 Å². The Hall–Kier alpha value is -2.83. The zero-order valence-electron chi connectivity index (χ0n) is 18.9. The van der Waals surface area contributed by atoms with Gasteiger partial charge in [0.2, 0.25) is 11.8 Å². The van der Waals surface area contributed by atoms with Crippen molar-refractivity contribution >= 4 is 17.5 Å². The van der Waals surface area contributed by atoms with Crippen molar-refractivity contribution in [1.29, 1.82) is 0 Å². The Labute approximate surface area is 188 Å². The number of aryl methyl sites for hydroxylation is 2. The lowest BCUT2D eigenvalue weighted by Gasteiger charge is -2.34. The van der Waals surface area contributed by atoms with Crippen molar-refractivity contribution in [2.75, 3.05) is 18.4 Å². The second-order valence-corrected chi connectivity index (χ2v) is 9.07. The molecule has 1 N–H and O–H groups in total. The molecular formula is C25H31FN4O2. The number of carbonyl (C=O) groups excluding carboxylic acids is 2. The zero-order chi connectivity index (χ0) is 22.7. The van der Waals surface area contributed by atoms with Crippen LogP contribution in [0.4, 0.5) is 10.1 Å².